The fourth-order valence-electron chi connectivity index (χ4n) is 0.483. The van der Waals surface area contributed by atoms with E-state index in [2.05, 4.69) is 15.9 Å². The van der Waals surface area contributed by atoms with E-state index >= 15 is 0 Å². The van der Waals surface area contributed by atoms with Crippen molar-refractivity contribution in [3.8, 4) is 0 Å². The number of carboxylic acid groups (broad SMARTS) is 1. The van der Waals surface area contributed by atoms with Crippen LogP contribution in [0.25, 0.3) is 0 Å². The van der Waals surface area contributed by atoms with E-state index in [0.717, 1.165) is 18.2 Å². The zero-order chi connectivity index (χ0) is 7.98. The van der Waals surface area contributed by atoms with Gasteiger partial charge < -0.3 is 5.11 Å². The average molecular weight is 207 g/mol. The number of carboxylic acids is 1. The van der Waals surface area contributed by atoms with Gasteiger partial charge in [-0.1, -0.05) is 22.0 Å². The maximum atomic E-state index is 10.2. The number of allylic oxidation sites excluding steroid dienone is 1. The minimum Gasteiger partial charge on any atom is -0.478 e. The summed E-state index contributed by atoms with van der Waals surface area (Å²) in [5.41, 5.74) is 0.431. The molecule has 1 N–H and O–H groups in total. The molecule has 0 amide bonds. The van der Waals surface area contributed by atoms with Crippen molar-refractivity contribution in [1.29, 1.82) is 0 Å². The number of hydrogen-bond donors (Lipinski definition) is 1. The van der Waals surface area contributed by atoms with Crippen LogP contribution < -0.4 is 0 Å². The van der Waals surface area contributed by atoms with Gasteiger partial charge >= 0.3 is 5.97 Å². The number of unbranched alkanes of at least 4 members (excludes halogenated alkanes) is 1. The van der Waals surface area contributed by atoms with Gasteiger partial charge in [-0.2, -0.15) is 0 Å². The first-order valence-electron chi connectivity index (χ1n) is 3.14. The van der Waals surface area contributed by atoms with E-state index in [4.69, 9.17) is 5.11 Å². The molecule has 0 aliphatic heterocycles. The van der Waals surface area contributed by atoms with E-state index in [0.29, 0.717) is 5.57 Å². The first-order chi connectivity index (χ1) is 4.68. The maximum absolute atomic E-state index is 10.2. The van der Waals surface area contributed by atoms with Gasteiger partial charge in [-0.15, -0.1) is 0 Å². The highest BCUT2D eigenvalue weighted by Gasteiger charge is 1.96. The van der Waals surface area contributed by atoms with E-state index < -0.39 is 5.97 Å². The molecule has 0 atom stereocenters. The van der Waals surface area contributed by atoms with Gasteiger partial charge in [-0.25, -0.2) is 4.79 Å². The lowest BCUT2D eigenvalue weighted by molar-refractivity contribution is -0.132. The molecule has 0 spiro atoms. The summed E-state index contributed by atoms with van der Waals surface area (Å²) >= 11 is 3.26. The number of alkyl halides is 1. The summed E-state index contributed by atoms with van der Waals surface area (Å²) in [6.45, 7) is 1.61. The second-order valence-corrected chi connectivity index (χ2v) is 2.82. The van der Waals surface area contributed by atoms with Crippen LogP contribution in [0.4, 0.5) is 0 Å². The topological polar surface area (TPSA) is 37.3 Å². The van der Waals surface area contributed by atoms with Crippen molar-refractivity contribution in [2.24, 2.45) is 0 Å². The quantitative estimate of drug-likeness (QED) is 0.435. The van der Waals surface area contributed by atoms with Crippen molar-refractivity contribution in [3.63, 3.8) is 0 Å². The average Bonchev–Trinajstić information content (AvgIpc) is 1.88. The summed E-state index contributed by atoms with van der Waals surface area (Å²) in [5, 5.41) is 9.33. The molecular formula is C7H11BrO2. The number of carbonyl (C=O) groups is 1. The second-order valence-electron chi connectivity index (χ2n) is 2.02. The molecule has 0 aliphatic rings. The van der Waals surface area contributed by atoms with Gasteiger partial charge in [0.25, 0.3) is 0 Å². The Bertz CT molecular complexity index is 141. The Morgan fingerprint density at radius 2 is 2.30 bits per heavy atom. The van der Waals surface area contributed by atoms with E-state index in [1.54, 1.807) is 13.0 Å². The molecule has 0 saturated carbocycles. The number of hydrogen-bond acceptors (Lipinski definition) is 1. The third kappa shape index (κ3) is 4.56. The Kier molecular flexibility index (Phi) is 5.30. The molecule has 0 radical (unpaired) electrons. The van der Waals surface area contributed by atoms with Gasteiger partial charge in [0.1, 0.15) is 0 Å². The summed E-state index contributed by atoms with van der Waals surface area (Å²) in [6.07, 6.45) is 3.57. The number of aliphatic carboxylic acids is 1. The standard InChI is InChI=1S/C7H11BrO2/c1-6(7(9)10)4-2-3-5-8/h4H,2-3,5H2,1H3,(H,9,10)/b6-4+. The molecule has 0 aromatic heterocycles. The zero-order valence-electron chi connectivity index (χ0n) is 5.93. The van der Waals surface area contributed by atoms with Crippen LogP contribution in [0.3, 0.4) is 0 Å². The monoisotopic (exact) mass is 206 g/mol. The smallest absolute Gasteiger partial charge is 0.330 e. The Morgan fingerprint density at radius 1 is 1.70 bits per heavy atom. The minimum atomic E-state index is -0.824. The number of rotatable bonds is 4. The molecule has 3 heteroatoms. The van der Waals surface area contributed by atoms with E-state index in [1.165, 1.54) is 0 Å². The van der Waals surface area contributed by atoms with Crippen molar-refractivity contribution in [3.05, 3.63) is 11.6 Å². The summed E-state index contributed by atoms with van der Waals surface area (Å²) in [5.74, 6) is -0.824. The van der Waals surface area contributed by atoms with Crippen LogP contribution in [0.1, 0.15) is 19.8 Å². The molecule has 0 aromatic carbocycles. The molecule has 0 aromatic rings. The molecule has 0 unspecified atom stereocenters. The van der Waals surface area contributed by atoms with Crippen LogP contribution >= 0.6 is 15.9 Å². The first kappa shape index (κ1) is 9.69. The fraction of sp³-hybridized carbons (Fsp3) is 0.571. The minimum absolute atomic E-state index is 0.431. The third-order valence-corrected chi connectivity index (χ3v) is 1.69. The molecule has 0 fully saturated rings. The van der Waals surface area contributed by atoms with Crippen LogP contribution in [0, 0.1) is 0 Å². The van der Waals surface area contributed by atoms with Gasteiger partial charge in [0.15, 0.2) is 0 Å². The molecular weight excluding hydrogens is 196 g/mol. The summed E-state index contributed by atoms with van der Waals surface area (Å²) in [7, 11) is 0. The second kappa shape index (κ2) is 5.47. The van der Waals surface area contributed by atoms with Gasteiger partial charge in [0, 0.05) is 10.9 Å². The van der Waals surface area contributed by atoms with E-state index in [1.807, 2.05) is 0 Å². The van der Waals surface area contributed by atoms with Gasteiger partial charge in [-0.05, 0) is 19.8 Å². The van der Waals surface area contributed by atoms with Gasteiger partial charge in [-0.3, -0.25) is 0 Å². The normalized spacial score (nSPS) is 11.6. The van der Waals surface area contributed by atoms with Crippen molar-refractivity contribution in [2.45, 2.75) is 19.8 Å². The van der Waals surface area contributed by atoms with E-state index in [9.17, 15) is 4.79 Å². The highest BCUT2D eigenvalue weighted by Crippen LogP contribution is 1.99. The Hall–Kier alpha value is -0.310. The zero-order valence-corrected chi connectivity index (χ0v) is 7.52. The maximum Gasteiger partial charge on any atom is 0.330 e. The predicted molar refractivity (Wildman–Crippen MR) is 44.4 cm³/mol. The highest BCUT2D eigenvalue weighted by molar-refractivity contribution is 9.09. The van der Waals surface area contributed by atoms with Crippen molar-refractivity contribution < 1.29 is 9.90 Å². The Labute approximate surface area is 69.1 Å². The van der Waals surface area contributed by atoms with Crippen molar-refractivity contribution >= 4 is 21.9 Å². The fourth-order valence-corrected chi connectivity index (χ4v) is 0.807. The van der Waals surface area contributed by atoms with Crippen LogP contribution in [0.15, 0.2) is 11.6 Å². The van der Waals surface area contributed by atoms with E-state index in [-0.39, 0.29) is 0 Å². The molecule has 0 heterocycles. The van der Waals surface area contributed by atoms with Crippen LogP contribution in [0.2, 0.25) is 0 Å². The van der Waals surface area contributed by atoms with Gasteiger partial charge in [0.2, 0.25) is 0 Å². The summed E-state index contributed by atoms with van der Waals surface area (Å²) in [4.78, 5) is 10.2. The number of halogens is 1. The van der Waals surface area contributed by atoms with Crippen molar-refractivity contribution in [2.75, 3.05) is 5.33 Å². The Balaban J connectivity index is 3.58. The largest absolute Gasteiger partial charge is 0.478 e. The Morgan fingerprint density at radius 3 is 2.70 bits per heavy atom. The SMILES string of the molecule is C/C(=C\CCCBr)C(=O)O. The molecule has 10 heavy (non-hydrogen) atoms. The lowest BCUT2D eigenvalue weighted by Gasteiger charge is -1.91. The highest BCUT2D eigenvalue weighted by atomic mass is 79.9. The van der Waals surface area contributed by atoms with Crippen LogP contribution in [-0.2, 0) is 4.79 Å². The molecule has 0 bridgehead atoms. The summed E-state index contributed by atoms with van der Waals surface area (Å²) < 4.78 is 0. The molecule has 0 rings (SSSR count). The van der Waals surface area contributed by atoms with Crippen LogP contribution in [-0.4, -0.2) is 16.4 Å². The lowest BCUT2D eigenvalue weighted by atomic mass is 10.2. The molecule has 2 nitrogen and oxygen atoms in total. The predicted octanol–water partition coefficient (Wildman–Crippen LogP) is 2.19. The van der Waals surface area contributed by atoms with Gasteiger partial charge in [0.05, 0.1) is 0 Å². The van der Waals surface area contributed by atoms with Crippen LogP contribution in [0.5, 0.6) is 0 Å². The van der Waals surface area contributed by atoms with Crippen molar-refractivity contribution in [1.82, 2.24) is 0 Å². The summed E-state index contributed by atoms with van der Waals surface area (Å²) in [6, 6.07) is 0. The first-order valence-corrected chi connectivity index (χ1v) is 4.26. The molecule has 58 valence electrons. The molecule has 0 saturated heterocycles. The molecule has 0 aliphatic carbocycles. The third-order valence-electron chi connectivity index (χ3n) is 1.13. The lowest BCUT2D eigenvalue weighted by Crippen LogP contribution is -1.95.